The molecule has 2 aromatic carbocycles. The Kier molecular flexibility index (Phi) is 5.27. The van der Waals surface area contributed by atoms with Crippen molar-refractivity contribution in [3.05, 3.63) is 63.7 Å². The highest BCUT2D eigenvalue weighted by atomic mass is 35.5. The molecule has 0 amide bonds. The van der Waals surface area contributed by atoms with Crippen molar-refractivity contribution in [2.75, 3.05) is 13.7 Å². The van der Waals surface area contributed by atoms with Gasteiger partial charge in [0.1, 0.15) is 5.75 Å². The largest absolute Gasteiger partial charge is 0.497 e. The van der Waals surface area contributed by atoms with Crippen LogP contribution in [0.25, 0.3) is 0 Å². The highest BCUT2D eigenvalue weighted by molar-refractivity contribution is 6.31. The zero-order valence-electron chi connectivity index (χ0n) is 13.0. The van der Waals surface area contributed by atoms with Crippen molar-refractivity contribution in [1.82, 2.24) is 5.32 Å². The maximum absolute atomic E-state index is 6.22. The van der Waals surface area contributed by atoms with E-state index in [0.29, 0.717) is 0 Å². The zero-order valence-corrected chi connectivity index (χ0v) is 13.8. The monoisotopic (exact) mass is 303 g/mol. The number of ether oxygens (including phenoxy) is 1. The predicted octanol–water partition coefficient (Wildman–Crippen LogP) is 4.66. The van der Waals surface area contributed by atoms with Gasteiger partial charge in [0.25, 0.3) is 0 Å². The van der Waals surface area contributed by atoms with Crippen molar-refractivity contribution < 1.29 is 4.74 Å². The maximum Gasteiger partial charge on any atom is 0.119 e. The van der Waals surface area contributed by atoms with Gasteiger partial charge < -0.3 is 10.1 Å². The molecule has 112 valence electrons. The van der Waals surface area contributed by atoms with Crippen molar-refractivity contribution in [3.63, 3.8) is 0 Å². The Hall–Kier alpha value is -1.51. The normalized spacial score (nSPS) is 12.2. The molecule has 0 aromatic heterocycles. The first kappa shape index (κ1) is 15.9. The minimum absolute atomic E-state index is 0.140. The summed E-state index contributed by atoms with van der Waals surface area (Å²) in [5.74, 6) is 0.874. The molecule has 0 bridgehead atoms. The quantitative estimate of drug-likeness (QED) is 0.867. The number of benzene rings is 2. The molecule has 2 rings (SSSR count). The Morgan fingerprint density at radius 3 is 2.57 bits per heavy atom. The Bertz CT molecular complexity index is 625. The standard InChI is InChI=1S/C18H22ClNO/c1-5-20-18(14-7-6-8-15(11-14)21-4)16-9-13(3)17(19)10-12(16)2/h6-11,18,20H,5H2,1-4H3. The van der Waals surface area contributed by atoms with Crippen LogP contribution in [-0.2, 0) is 0 Å². The topological polar surface area (TPSA) is 21.3 Å². The number of aryl methyl sites for hydroxylation is 2. The first-order valence-corrected chi connectivity index (χ1v) is 7.58. The van der Waals surface area contributed by atoms with Crippen LogP contribution in [-0.4, -0.2) is 13.7 Å². The second-order valence-electron chi connectivity index (χ2n) is 5.23. The Morgan fingerprint density at radius 2 is 1.90 bits per heavy atom. The van der Waals surface area contributed by atoms with E-state index in [9.17, 15) is 0 Å². The van der Waals surface area contributed by atoms with Gasteiger partial charge in [0, 0.05) is 5.02 Å². The van der Waals surface area contributed by atoms with Crippen LogP contribution in [0.3, 0.4) is 0 Å². The van der Waals surface area contributed by atoms with E-state index in [4.69, 9.17) is 16.3 Å². The molecule has 0 spiro atoms. The lowest BCUT2D eigenvalue weighted by atomic mass is 9.93. The van der Waals surface area contributed by atoms with Gasteiger partial charge in [0.15, 0.2) is 0 Å². The van der Waals surface area contributed by atoms with E-state index >= 15 is 0 Å². The molecule has 1 unspecified atom stereocenters. The minimum atomic E-state index is 0.140. The fourth-order valence-electron chi connectivity index (χ4n) is 2.55. The van der Waals surface area contributed by atoms with Gasteiger partial charge in [0.05, 0.1) is 13.2 Å². The van der Waals surface area contributed by atoms with Crippen LogP contribution in [0.1, 0.15) is 35.2 Å². The lowest BCUT2D eigenvalue weighted by molar-refractivity contribution is 0.413. The summed E-state index contributed by atoms with van der Waals surface area (Å²) < 4.78 is 5.34. The van der Waals surface area contributed by atoms with Crippen LogP contribution in [0.2, 0.25) is 5.02 Å². The summed E-state index contributed by atoms with van der Waals surface area (Å²) in [5.41, 5.74) is 4.75. The van der Waals surface area contributed by atoms with Crippen LogP contribution in [0.5, 0.6) is 5.75 Å². The van der Waals surface area contributed by atoms with E-state index in [2.05, 4.69) is 37.4 Å². The molecule has 0 fully saturated rings. The molecule has 2 aromatic rings. The molecule has 21 heavy (non-hydrogen) atoms. The predicted molar refractivity (Wildman–Crippen MR) is 89.4 cm³/mol. The van der Waals surface area contributed by atoms with Crippen LogP contribution < -0.4 is 10.1 Å². The smallest absolute Gasteiger partial charge is 0.119 e. The molecule has 0 saturated carbocycles. The third kappa shape index (κ3) is 3.58. The van der Waals surface area contributed by atoms with E-state index in [1.165, 1.54) is 16.7 Å². The fraction of sp³-hybridized carbons (Fsp3) is 0.333. The second kappa shape index (κ2) is 6.97. The van der Waals surface area contributed by atoms with Crippen molar-refractivity contribution in [1.29, 1.82) is 0 Å². The molecule has 0 saturated heterocycles. The SMILES string of the molecule is CCNC(c1cccc(OC)c1)c1cc(C)c(Cl)cc1C. The maximum atomic E-state index is 6.22. The molecule has 2 nitrogen and oxygen atoms in total. The summed E-state index contributed by atoms with van der Waals surface area (Å²) in [7, 11) is 1.69. The summed E-state index contributed by atoms with van der Waals surface area (Å²) in [4.78, 5) is 0. The van der Waals surface area contributed by atoms with Gasteiger partial charge in [-0.05, 0) is 60.8 Å². The third-order valence-electron chi connectivity index (χ3n) is 3.69. The van der Waals surface area contributed by atoms with E-state index in [1.54, 1.807) is 7.11 Å². The summed E-state index contributed by atoms with van der Waals surface area (Å²) in [5, 5.41) is 4.37. The molecule has 3 heteroatoms. The van der Waals surface area contributed by atoms with Gasteiger partial charge in [-0.2, -0.15) is 0 Å². The Balaban J connectivity index is 2.50. The fourth-order valence-corrected chi connectivity index (χ4v) is 2.77. The zero-order chi connectivity index (χ0) is 15.4. The highest BCUT2D eigenvalue weighted by Crippen LogP contribution is 2.30. The van der Waals surface area contributed by atoms with Gasteiger partial charge in [-0.1, -0.05) is 36.7 Å². The van der Waals surface area contributed by atoms with Crippen LogP contribution in [0, 0.1) is 13.8 Å². The summed E-state index contributed by atoms with van der Waals surface area (Å²) in [6.45, 7) is 7.15. The Labute approximate surface area is 132 Å². The van der Waals surface area contributed by atoms with Crippen molar-refractivity contribution in [2.45, 2.75) is 26.8 Å². The first-order valence-electron chi connectivity index (χ1n) is 7.20. The molecular formula is C18H22ClNO. The summed E-state index contributed by atoms with van der Waals surface area (Å²) in [6.07, 6.45) is 0. The summed E-state index contributed by atoms with van der Waals surface area (Å²) in [6, 6.07) is 12.5. The average molecular weight is 304 g/mol. The van der Waals surface area contributed by atoms with Crippen molar-refractivity contribution in [3.8, 4) is 5.75 Å². The second-order valence-corrected chi connectivity index (χ2v) is 5.63. The molecule has 0 aliphatic rings. The number of nitrogens with one attached hydrogen (secondary N) is 1. The number of halogens is 1. The van der Waals surface area contributed by atoms with Gasteiger partial charge >= 0.3 is 0 Å². The number of methoxy groups -OCH3 is 1. The highest BCUT2D eigenvalue weighted by Gasteiger charge is 2.17. The van der Waals surface area contributed by atoms with E-state index in [0.717, 1.165) is 22.9 Å². The number of rotatable bonds is 5. The lowest BCUT2D eigenvalue weighted by Gasteiger charge is -2.22. The van der Waals surface area contributed by atoms with E-state index in [1.807, 2.05) is 25.1 Å². The van der Waals surface area contributed by atoms with E-state index < -0.39 is 0 Å². The van der Waals surface area contributed by atoms with Gasteiger partial charge in [-0.15, -0.1) is 0 Å². The van der Waals surface area contributed by atoms with Crippen LogP contribution in [0.4, 0.5) is 0 Å². The summed E-state index contributed by atoms with van der Waals surface area (Å²) >= 11 is 6.22. The van der Waals surface area contributed by atoms with Crippen LogP contribution in [0.15, 0.2) is 36.4 Å². The molecular weight excluding hydrogens is 282 g/mol. The molecule has 0 radical (unpaired) electrons. The van der Waals surface area contributed by atoms with E-state index in [-0.39, 0.29) is 6.04 Å². The number of hydrogen-bond donors (Lipinski definition) is 1. The molecule has 1 atom stereocenters. The molecule has 0 heterocycles. The minimum Gasteiger partial charge on any atom is -0.497 e. The number of hydrogen-bond acceptors (Lipinski definition) is 2. The average Bonchev–Trinajstić information content (AvgIpc) is 2.49. The van der Waals surface area contributed by atoms with Crippen molar-refractivity contribution >= 4 is 11.6 Å². The van der Waals surface area contributed by atoms with Crippen molar-refractivity contribution in [2.24, 2.45) is 0 Å². The van der Waals surface area contributed by atoms with Crippen LogP contribution >= 0.6 is 11.6 Å². The molecule has 0 aliphatic carbocycles. The van der Waals surface area contributed by atoms with Gasteiger partial charge in [0.2, 0.25) is 0 Å². The lowest BCUT2D eigenvalue weighted by Crippen LogP contribution is -2.23. The first-order chi connectivity index (χ1) is 10.1. The van der Waals surface area contributed by atoms with Gasteiger partial charge in [-0.3, -0.25) is 0 Å². The molecule has 0 aliphatic heterocycles. The Morgan fingerprint density at radius 1 is 1.14 bits per heavy atom. The molecule has 1 N–H and O–H groups in total. The van der Waals surface area contributed by atoms with Gasteiger partial charge in [-0.25, -0.2) is 0 Å². The third-order valence-corrected chi connectivity index (χ3v) is 4.10.